The molecule has 0 N–H and O–H groups in total. The van der Waals surface area contributed by atoms with Gasteiger partial charge in [-0.25, -0.2) is 0 Å². The maximum atomic E-state index is 4.64. The third kappa shape index (κ3) is 2.08. The number of aryl methyl sites for hydroxylation is 1. The maximum absolute atomic E-state index is 4.64. The summed E-state index contributed by atoms with van der Waals surface area (Å²) >= 11 is 0. The molecule has 0 unspecified atom stereocenters. The van der Waals surface area contributed by atoms with E-state index in [1.165, 1.54) is 5.69 Å². The van der Waals surface area contributed by atoms with Crippen molar-refractivity contribution < 1.29 is 0 Å². The maximum Gasteiger partial charge on any atom is 0.111 e. The second-order valence-electron chi connectivity index (χ2n) is 4.55. The highest BCUT2D eigenvalue weighted by molar-refractivity contribution is 5.53. The zero-order valence-electron chi connectivity index (χ0n) is 10.0. The highest BCUT2D eigenvalue weighted by Gasteiger charge is 2.14. The summed E-state index contributed by atoms with van der Waals surface area (Å²) in [5.74, 6) is 0. The van der Waals surface area contributed by atoms with Crippen LogP contribution in [0, 0.1) is 0 Å². The average molecular weight is 228 g/mol. The lowest BCUT2D eigenvalue weighted by Gasteiger charge is -2.10. The van der Waals surface area contributed by atoms with Crippen LogP contribution in [-0.2, 0) is 13.1 Å². The molecule has 0 atom stereocenters. The molecule has 2 aromatic heterocycles. The van der Waals surface area contributed by atoms with E-state index >= 15 is 0 Å². The van der Waals surface area contributed by atoms with Gasteiger partial charge in [0.2, 0.25) is 0 Å². The molecular formula is C13H16N4. The molecule has 1 aliphatic heterocycles. The summed E-state index contributed by atoms with van der Waals surface area (Å²) in [6.07, 6.45) is 2.97. The van der Waals surface area contributed by atoms with Crippen molar-refractivity contribution in [3.8, 4) is 11.4 Å². The summed E-state index contributed by atoms with van der Waals surface area (Å²) in [6.45, 7) is 3.12. The second-order valence-corrected chi connectivity index (χ2v) is 4.55. The minimum absolute atomic E-state index is 0.954. The molecule has 0 saturated carbocycles. The monoisotopic (exact) mass is 228 g/mol. The van der Waals surface area contributed by atoms with Crippen LogP contribution in [0.3, 0.4) is 0 Å². The molecule has 0 spiro atoms. The van der Waals surface area contributed by atoms with Gasteiger partial charge in [-0.2, -0.15) is 5.10 Å². The Labute approximate surface area is 101 Å². The quantitative estimate of drug-likeness (QED) is 0.746. The van der Waals surface area contributed by atoms with E-state index in [-0.39, 0.29) is 0 Å². The first kappa shape index (κ1) is 10.5. The molecular weight excluding hydrogens is 212 g/mol. The van der Waals surface area contributed by atoms with Crippen LogP contribution >= 0.6 is 0 Å². The molecule has 3 heterocycles. The van der Waals surface area contributed by atoms with Gasteiger partial charge in [0.1, 0.15) is 5.69 Å². The van der Waals surface area contributed by atoms with Crippen molar-refractivity contribution in [2.45, 2.75) is 19.5 Å². The Morgan fingerprint density at radius 3 is 2.94 bits per heavy atom. The summed E-state index contributed by atoms with van der Waals surface area (Å²) in [4.78, 5) is 6.68. The molecule has 0 aromatic carbocycles. The summed E-state index contributed by atoms with van der Waals surface area (Å²) < 4.78 is 2.12. The largest absolute Gasteiger partial charge is 0.300 e. The van der Waals surface area contributed by atoms with Gasteiger partial charge in [0, 0.05) is 25.8 Å². The van der Waals surface area contributed by atoms with Crippen molar-refractivity contribution in [2.75, 3.05) is 13.6 Å². The SMILES string of the molecule is CN1CCCn2nc(-c3ccccn3)cc2C1. The summed E-state index contributed by atoms with van der Waals surface area (Å²) in [6, 6.07) is 8.09. The molecule has 4 nitrogen and oxygen atoms in total. The Bertz CT molecular complexity index is 503. The normalized spacial score (nSPS) is 16.5. The van der Waals surface area contributed by atoms with Gasteiger partial charge in [-0.15, -0.1) is 0 Å². The molecule has 2 aromatic rings. The van der Waals surface area contributed by atoms with Crippen molar-refractivity contribution in [3.05, 3.63) is 36.2 Å². The fourth-order valence-electron chi connectivity index (χ4n) is 2.26. The third-order valence-corrected chi connectivity index (χ3v) is 3.13. The fourth-order valence-corrected chi connectivity index (χ4v) is 2.26. The number of hydrogen-bond acceptors (Lipinski definition) is 3. The molecule has 1 aliphatic rings. The second kappa shape index (κ2) is 4.30. The van der Waals surface area contributed by atoms with E-state index in [2.05, 4.69) is 32.8 Å². The van der Waals surface area contributed by atoms with Gasteiger partial charge in [-0.05, 0) is 31.7 Å². The lowest BCUT2D eigenvalue weighted by Crippen LogP contribution is -2.16. The van der Waals surface area contributed by atoms with E-state index in [0.717, 1.165) is 37.4 Å². The predicted octanol–water partition coefficient (Wildman–Crippen LogP) is 1.78. The zero-order valence-corrected chi connectivity index (χ0v) is 10.0. The topological polar surface area (TPSA) is 34.0 Å². The van der Waals surface area contributed by atoms with E-state index in [1.54, 1.807) is 0 Å². The van der Waals surface area contributed by atoms with Crippen molar-refractivity contribution in [1.29, 1.82) is 0 Å². The van der Waals surface area contributed by atoms with Crippen LogP contribution in [0.15, 0.2) is 30.5 Å². The van der Waals surface area contributed by atoms with Gasteiger partial charge in [0.25, 0.3) is 0 Å². The average Bonchev–Trinajstić information content (AvgIpc) is 2.66. The number of aromatic nitrogens is 3. The van der Waals surface area contributed by atoms with Gasteiger partial charge in [0.15, 0.2) is 0 Å². The summed E-state index contributed by atoms with van der Waals surface area (Å²) in [5.41, 5.74) is 3.22. The Hall–Kier alpha value is -1.68. The molecule has 0 bridgehead atoms. The van der Waals surface area contributed by atoms with E-state index in [9.17, 15) is 0 Å². The lowest BCUT2D eigenvalue weighted by atomic mass is 10.2. The molecule has 0 radical (unpaired) electrons. The highest BCUT2D eigenvalue weighted by atomic mass is 15.3. The first-order valence-electron chi connectivity index (χ1n) is 5.99. The fraction of sp³-hybridized carbons (Fsp3) is 0.385. The molecule has 88 valence electrons. The summed E-state index contributed by atoms with van der Waals surface area (Å²) in [5, 5.41) is 4.64. The Morgan fingerprint density at radius 1 is 1.18 bits per heavy atom. The van der Waals surface area contributed by atoms with E-state index in [0.29, 0.717) is 0 Å². The van der Waals surface area contributed by atoms with Crippen LogP contribution in [0.4, 0.5) is 0 Å². The van der Waals surface area contributed by atoms with Gasteiger partial charge >= 0.3 is 0 Å². The lowest BCUT2D eigenvalue weighted by molar-refractivity contribution is 0.332. The Kier molecular flexibility index (Phi) is 2.65. The molecule has 3 rings (SSSR count). The smallest absolute Gasteiger partial charge is 0.111 e. The first-order valence-corrected chi connectivity index (χ1v) is 5.99. The van der Waals surface area contributed by atoms with E-state index in [1.807, 2.05) is 24.4 Å². The standard InChI is InChI=1S/C13H16N4/c1-16-7-4-8-17-11(10-16)9-13(15-17)12-5-2-3-6-14-12/h2-3,5-6,9H,4,7-8,10H2,1H3. The van der Waals surface area contributed by atoms with Gasteiger partial charge < -0.3 is 4.90 Å². The van der Waals surface area contributed by atoms with Crippen molar-refractivity contribution in [2.24, 2.45) is 0 Å². The summed E-state index contributed by atoms with van der Waals surface area (Å²) in [7, 11) is 2.16. The van der Waals surface area contributed by atoms with Crippen LogP contribution in [0.5, 0.6) is 0 Å². The van der Waals surface area contributed by atoms with Crippen molar-refractivity contribution >= 4 is 0 Å². The number of pyridine rings is 1. The molecule has 4 heteroatoms. The number of hydrogen-bond donors (Lipinski definition) is 0. The van der Waals surface area contributed by atoms with E-state index < -0.39 is 0 Å². The van der Waals surface area contributed by atoms with Crippen LogP contribution in [0.2, 0.25) is 0 Å². The Balaban J connectivity index is 1.97. The predicted molar refractivity (Wildman–Crippen MR) is 66.4 cm³/mol. The molecule has 0 amide bonds. The van der Waals surface area contributed by atoms with Gasteiger partial charge in [-0.1, -0.05) is 6.07 Å². The van der Waals surface area contributed by atoms with Crippen LogP contribution < -0.4 is 0 Å². The number of nitrogens with zero attached hydrogens (tertiary/aromatic N) is 4. The van der Waals surface area contributed by atoms with Gasteiger partial charge in [-0.3, -0.25) is 9.67 Å². The van der Waals surface area contributed by atoms with Crippen LogP contribution in [0.1, 0.15) is 12.1 Å². The Morgan fingerprint density at radius 2 is 2.12 bits per heavy atom. The van der Waals surface area contributed by atoms with Gasteiger partial charge in [0.05, 0.1) is 11.4 Å². The minimum atomic E-state index is 0.954. The number of rotatable bonds is 1. The van der Waals surface area contributed by atoms with Crippen molar-refractivity contribution in [3.63, 3.8) is 0 Å². The van der Waals surface area contributed by atoms with E-state index in [4.69, 9.17) is 0 Å². The van der Waals surface area contributed by atoms with Crippen LogP contribution in [0.25, 0.3) is 11.4 Å². The highest BCUT2D eigenvalue weighted by Crippen LogP contribution is 2.19. The molecule has 0 fully saturated rings. The zero-order chi connectivity index (χ0) is 11.7. The third-order valence-electron chi connectivity index (χ3n) is 3.13. The first-order chi connectivity index (χ1) is 8.33. The molecule has 0 saturated heterocycles. The number of fused-ring (bicyclic) bond motifs is 1. The molecule has 0 aliphatic carbocycles. The molecule has 17 heavy (non-hydrogen) atoms. The van der Waals surface area contributed by atoms with Crippen molar-refractivity contribution in [1.82, 2.24) is 19.7 Å². The minimum Gasteiger partial charge on any atom is -0.300 e. The van der Waals surface area contributed by atoms with Crippen LogP contribution in [-0.4, -0.2) is 33.3 Å².